The lowest BCUT2D eigenvalue weighted by atomic mass is 9.88. The SMILES string of the molecule is O=[N+]([O-])c1ccccc1S(=O)(=O)N1CCOC(CC(F)(F)F)(c2ccccc2)C1. The van der Waals surface area contributed by atoms with Gasteiger partial charge in [-0.3, -0.25) is 10.1 Å². The average molecular weight is 430 g/mol. The number of morpholine rings is 1. The molecule has 2 aromatic rings. The minimum Gasteiger partial charge on any atom is -0.367 e. The zero-order valence-corrected chi connectivity index (χ0v) is 15.8. The van der Waals surface area contributed by atoms with Gasteiger partial charge in [-0.1, -0.05) is 42.5 Å². The molecule has 1 aliphatic heterocycles. The Bertz CT molecular complexity index is 998. The molecule has 1 heterocycles. The maximum Gasteiger partial charge on any atom is 0.392 e. The third-order valence-electron chi connectivity index (χ3n) is 4.62. The van der Waals surface area contributed by atoms with E-state index in [1.165, 1.54) is 36.4 Å². The maximum absolute atomic E-state index is 13.3. The van der Waals surface area contributed by atoms with E-state index in [9.17, 15) is 31.7 Å². The Morgan fingerprint density at radius 2 is 1.72 bits per heavy atom. The molecule has 0 aliphatic carbocycles. The molecular weight excluding hydrogens is 413 g/mol. The molecule has 156 valence electrons. The van der Waals surface area contributed by atoms with Gasteiger partial charge in [-0.05, 0) is 11.6 Å². The van der Waals surface area contributed by atoms with Gasteiger partial charge in [-0.25, -0.2) is 8.42 Å². The van der Waals surface area contributed by atoms with Crippen LogP contribution in [0.3, 0.4) is 0 Å². The molecule has 0 saturated carbocycles. The molecule has 0 spiro atoms. The second-order valence-corrected chi connectivity index (χ2v) is 8.47. The summed E-state index contributed by atoms with van der Waals surface area (Å²) in [4.78, 5) is 9.83. The number of nitro groups is 1. The van der Waals surface area contributed by atoms with Crippen molar-refractivity contribution in [2.24, 2.45) is 0 Å². The second kappa shape index (κ2) is 7.73. The van der Waals surface area contributed by atoms with E-state index in [0.717, 1.165) is 16.4 Å². The highest BCUT2D eigenvalue weighted by Crippen LogP contribution is 2.41. The summed E-state index contributed by atoms with van der Waals surface area (Å²) in [7, 11) is -4.43. The van der Waals surface area contributed by atoms with Crippen LogP contribution in [0, 0.1) is 10.1 Å². The molecule has 29 heavy (non-hydrogen) atoms. The van der Waals surface area contributed by atoms with Gasteiger partial charge in [0.25, 0.3) is 5.69 Å². The molecule has 1 unspecified atom stereocenters. The normalized spacial score (nSPS) is 21.1. The van der Waals surface area contributed by atoms with Gasteiger partial charge in [0.05, 0.1) is 18.0 Å². The van der Waals surface area contributed by atoms with Gasteiger partial charge >= 0.3 is 6.18 Å². The number of halogens is 3. The number of hydrogen-bond acceptors (Lipinski definition) is 5. The van der Waals surface area contributed by atoms with Crippen molar-refractivity contribution in [3.63, 3.8) is 0 Å². The van der Waals surface area contributed by atoms with Crippen molar-refractivity contribution in [3.8, 4) is 0 Å². The molecule has 7 nitrogen and oxygen atoms in total. The van der Waals surface area contributed by atoms with Crippen LogP contribution in [0.25, 0.3) is 0 Å². The summed E-state index contributed by atoms with van der Waals surface area (Å²) in [6.45, 7) is -1.13. The number of nitro benzene ring substituents is 1. The van der Waals surface area contributed by atoms with Crippen molar-refractivity contribution >= 4 is 15.7 Å². The summed E-state index contributed by atoms with van der Waals surface area (Å²) in [5.74, 6) is 0. The van der Waals surface area contributed by atoms with Crippen LogP contribution in [-0.4, -0.2) is 43.5 Å². The van der Waals surface area contributed by atoms with Gasteiger partial charge in [-0.2, -0.15) is 17.5 Å². The Morgan fingerprint density at radius 1 is 1.10 bits per heavy atom. The van der Waals surface area contributed by atoms with E-state index >= 15 is 0 Å². The van der Waals surface area contributed by atoms with E-state index in [1.54, 1.807) is 6.07 Å². The average Bonchev–Trinajstić information content (AvgIpc) is 2.67. The number of benzene rings is 2. The number of alkyl halides is 3. The largest absolute Gasteiger partial charge is 0.392 e. The maximum atomic E-state index is 13.3. The first-order valence-electron chi connectivity index (χ1n) is 8.55. The lowest BCUT2D eigenvalue weighted by molar-refractivity contribution is -0.387. The van der Waals surface area contributed by atoms with Gasteiger partial charge in [0.2, 0.25) is 10.0 Å². The van der Waals surface area contributed by atoms with E-state index in [4.69, 9.17) is 4.74 Å². The Labute approximate surface area is 164 Å². The molecule has 1 atom stereocenters. The molecule has 2 aromatic carbocycles. The van der Waals surface area contributed by atoms with Crippen molar-refractivity contribution in [2.75, 3.05) is 19.7 Å². The highest BCUT2D eigenvalue weighted by atomic mass is 32.2. The molecule has 0 bridgehead atoms. The van der Waals surface area contributed by atoms with Crippen LogP contribution in [0.4, 0.5) is 18.9 Å². The van der Waals surface area contributed by atoms with Gasteiger partial charge in [0.15, 0.2) is 4.90 Å². The van der Waals surface area contributed by atoms with Crippen LogP contribution >= 0.6 is 0 Å². The zero-order valence-electron chi connectivity index (χ0n) is 15.0. The van der Waals surface area contributed by atoms with E-state index in [-0.39, 0.29) is 18.7 Å². The van der Waals surface area contributed by atoms with Gasteiger partial charge in [0, 0.05) is 19.2 Å². The Morgan fingerprint density at radius 3 is 2.34 bits per heavy atom. The molecule has 0 radical (unpaired) electrons. The summed E-state index contributed by atoms with van der Waals surface area (Å²) >= 11 is 0. The minimum absolute atomic E-state index is 0.180. The lowest BCUT2D eigenvalue weighted by Crippen LogP contribution is -2.53. The van der Waals surface area contributed by atoms with Crippen LogP contribution in [0.2, 0.25) is 0 Å². The smallest absolute Gasteiger partial charge is 0.367 e. The topological polar surface area (TPSA) is 89.8 Å². The Balaban J connectivity index is 2.05. The fourth-order valence-corrected chi connectivity index (χ4v) is 5.00. The molecule has 1 fully saturated rings. The van der Waals surface area contributed by atoms with Crippen LogP contribution in [0.1, 0.15) is 12.0 Å². The number of rotatable bonds is 5. The first-order valence-corrected chi connectivity index (χ1v) is 9.99. The highest BCUT2D eigenvalue weighted by molar-refractivity contribution is 7.89. The van der Waals surface area contributed by atoms with E-state index in [1.807, 2.05) is 0 Å². The number of para-hydroxylation sites is 1. The zero-order chi connectivity index (χ0) is 21.3. The van der Waals surface area contributed by atoms with Crippen LogP contribution in [-0.2, 0) is 20.4 Å². The third kappa shape index (κ3) is 4.41. The fraction of sp³-hybridized carbons (Fsp3) is 0.333. The van der Waals surface area contributed by atoms with E-state index < -0.39 is 50.3 Å². The van der Waals surface area contributed by atoms with Crippen molar-refractivity contribution < 1.29 is 31.2 Å². The molecule has 0 aromatic heterocycles. The van der Waals surface area contributed by atoms with Crippen molar-refractivity contribution in [1.29, 1.82) is 0 Å². The Hall–Kier alpha value is -2.50. The Kier molecular flexibility index (Phi) is 5.65. The van der Waals surface area contributed by atoms with Crippen LogP contribution in [0.15, 0.2) is 59.5 Å². The number of hydrogen-bond donors (Lipinski definition) is 0. The summed E-state index contributed by atoms with van der Waals surface area (Å²) in [5.41, 5.74) is -2.41. The molecule has 3 rings (SSSR count). The second-order valence-electron chi connectivity index (χ2n) is 6.56. The van der Waals surface area contributed by atoms with Crippen LogP contribution in [0.5, 0.6) is 0 Å². The fourth-order valence-electron chi connectivity index (χ4n) is 3.37. The summed E-state index contributed by atoms with van der Waals surface area (Å²) < 4.78 is 72.5. The van der Waals surface area contributed by atoms with Gasteiger partial charge in [-0.15, -0.1) is 0 Å². The molecule has 11 heteroatoms. The monoisotopic (exact) mass is 430 g/mol. The summed E-state index contributed by atoms with van der Waals surface area (Å²) in [5, 5.41) is 11.2. The molecule has 1 aliphatic rings. The molecule has 0 N–H and O–H groups in total. The van der Waals surface area contributed by atoms with Crippen LogP contribution < -0.4 is 0 Å². The van der Waals surface area contributed by atoms with Crippen molar-refractivity contribution in [2.45, 2.75) is 23.1 Å². The highest BCUT2D eigenvalue weighted by Gasteiger charge is 2.50. The van der Waals surface area contributed by atoms with E-state index in [2.05, 4.69) is 0 Å². The van der Waals surface area contributed by atoms with Gasteiger partial charge in [0.1, 0.15) is 5.60 Å². The molecule has 0 amide bonds. The number of ether oxygens (including phenoxy) is 1. The van der Waals surface area contributed by atoms with E-state index in [0.29, 0.717) is 0 Å². The minimum atomic E-state index is -4.62. The standard InChI is InChI=1S/C18H17F3N2O5S/c19-18(20,21)12-17(14-6-2-1-3-7-14)13-22(10-11-28-17)29(26,27)16-9-5-4-8-15(16)23(24)25/h1-9H,10-13H2. The first kappa shape index (κ1) is 21.2. The third-order valence-corrected chi connectivity index (χ3v) is 6.51. The predicted molar refractivity (Wildman–Crippen MR) is 96.6 cm³/mol. The number of sulfonamides is 1. The van der Waals surface area contributed by atoms with Gasteiger partial charge < -0.3 is 4.74 Å². The van der Waals surface area contributed by atoms with Crippen molar-refractivity contribution in [3.05, 3.63) is 70.3 Å². The number of nitrogens with zero attached hydrogens (tertiary/aromatic N) is 2. The predicted octanol–water partition coefficient (Wildman–Crippen LogP) is 3.46. The summed E-state index contributed by atoms with van der Waals surface area (Å²) in [6.07, 6.45) is -6.02. The molecule has 1 saturated heterocycles. The quantitative estimate of drug-likeness (QED) is 0.535. The lowest BCUT2D eigenvalue weighted by Gasteiger charge is -2.42. The summed E-state index contributed by atoms with van der Waals surface area (Å²) in [6, 6.07) is 12.3. The molecular formula is C18H17F3N2O5S. The first-order chi connectivity index (χ1) is 13.6. The van der Waals surface area contributed by atoms with Crippen molar-refractivity contribution in [1.82, 2.24) is 4.31 Å².